The molecule has 8 nitrogen and oxygen atoms in total. The fourth-order valence-corrected chi connectivity index (χ4v) is 2.08. The van der Waals surface area contributed by atoms with E-state index < -0.39 is 17.1 Å². The number of rotatable bonds is 4. The minimum Gasteiger partial charge on any atom is -0.618 e. The van der Waals surface area contributed by atoms with E-state index in [0.717, 1.165) is 6.20 Å². The van der Waals surface area contributed by atoms with Crippen molar-refractivity contribution >= 4 is 11.0 Å². The van der Waals surface area contributed by atoms with Gasteiger partial charge in [-0.25, -0.2) is 0 Å². The molecule has 0 aliphatic rings. The highest BCUT2D eigenvalue weighted by molar-refractivity contribution is 5.67. The Hall–Kier alpha value is -2.48. The maximum atomic E-state index is 12.1. The number of nitro groups is 1. The van der Waals surface area contributed by atoms with Gasteiger partial charge in [-0.15, -0.1) is 0 Å². The van der Waals surface area contributed by atoms with Crippen LogP contribution in [0, 0.1) is 20.5 Å². The van der Waals surface area contributed by atoms with E-state index in [1.165, 1.54) is 19.1 Å². The molecular formula is C12H13N3O5. The van der Waals surface area contributed by atoms with Gasteiger partial charge in [0.25, 0.3) is 22.9 Å². The number of benzene rings is 1. The van der Waals surface area contributed by atoms with E-state index in [4.69, 9.17) is 0 Å². The highest BCUT2D eigenvalue weighted by Gasteiger charge is 2.37. The van der Waals surface area contributed by atoms with Gasteiger partial charge in [-0.3, -0.25) is 10.1 Å². The molecule has 20 heavy (non-hydrogen) atoms. The average molecular weight is 279 g/mol. The number of aliphatic hydroxyl groups is 1. The van der Waals surface area contributed by atoms with Crippen LogP contribution in [0.3, 0.4) is 0 Å². The van der Waals surface area contributed by atoms with Crippen LogP contribution >= 0.6 is 0 Å². The Morgan fingerprint density at radius 2 is 1.90 bits per heavy atom. The summed E-state index contributed by atoms with van der Waals surface area (Å²) in [5.74, 6) is 0. The number of para-hydroxylation sites is 2. The lowest BCUT2D eigenvalue weighted by atomic mass is 10.1. The average Bonchev–Trinajstić information content (AvgIpc) is 2.43. The van der Waals surface area contributed by atoms with Crippen molar-refractivity contribution in [3.05, 3.63) is 56.7 Å². The van der Waals surface area contributed by atoms with Crippen molar-refractivity contribution in [3.8, 4) is 0 Å². The van der Waals surface area contributed by atoms with Gasteiger partial charge in [0.1, 0.15) is 0 Å². The summed E-state index contributed by atoms with van der Waals surface area (Å²) in [7, 11) is 0. The van der Waals surface area contributed by atoms with Gasteiger partial charge in [0.15, 0.2) is 0 Å². The van der Waals surface area contributed by atoms with Gasteiger partial charge in [0.2, 0.25) is 12.1 Å². The van der Waals surface area contributed by atoms with E-state index in [2.05, 4.69) is 0 Å². The number of aromatic nitrogens is 2. The topological polar surface area (TPSA) is 117 Å². The molecule has 1 N–H and O–H groups in total. The third-order valence-electron chi connectivity index (χ3n) is 3.18. The van der Waals surface area contributed by atoms with Crippen molar-refractivity contribution in [3.63, 3.8) is 0 Å². The van der Waals surface area contributed by atoms with Crippen LogP contribution < -0.4 is 9.46 Å². The molecule has 0 aliphatic carbocycles. The number of fused-ring (bicyclic) bond motifs is 1. The molecule has 2 unspecified atom stereocenters. The van der Waals surface area contributed by atoms with Crippen LogP contribution in [0.2, 0.25) is 0 Å². The number of hydrogen-bond donors (Lipinski definition) is 1. The molecular weight excluding hydrogens is 266 g/mol. The van der Waals surface area contributed by atoms with Crippen LogP contribution in [0.4, 0.5) is 0 Å². The van der Waals surface area contributed by atoms with Gasteiger partial charge in [-0.05, 0) is 0 Å². The normalized spacial score (nSPS) is 14.1. The molecule has 1 aromatic heterocycles. The fourth-order valence-electron chi connectivity index (χ4n) is 2.08. The smallest absolute Gasteiger partial charge is 0.294 e. The summed E-state index contributed by atoms with van der Waals surface area (Å²) in [6.45, 7) is 1.53. The predicted molar refractivity (Wildman–Crippen MR) is 67.9 cm³/mol. The Bertz CT molecular complexity index is 661. The lowest BCUT2D eigenvalue weighted by Gasteiger charge is -2.14. The van der Waals surface area contributed by atoms with Gasteiger partial charge < -0.3 is 15.5 Å². The molecule has 0 bridgehead atoms. The van der Waals surface area contributed by atoms with E-state index in [1.54, 1.807) is 12.1 Å². The summed E-state index contributed by atoms with van der Waals surface area (Å²) < 4.78 is 0.787. The maximum Gasteiger partial charge on any atom is 0.294 e. The quantitative estimate of drug-likeness (QED) is 0.371. The molecule has 0 fully saturated rings. The lowest BCUT2D eigenvalue weighted by molar-refractivity contribution is -0.643. The molecule has 106 valence electrons. The molecule has 0 amide bonds. The summed E-state index contributed by atoms with van der Waals surface area (Å²) >= 11 is 0. The minimum atomic E-state index is -1.64. The first-order chi connectivity index (χ1) is 9.47. The van der Waals surface area contributed by atoms with Gasteiger partial charge in [-0.2, -0.15) is 9.46 Å². The largest absolute Gasteiger partial charge is 0.618 e. The van der Waals surface area contributed by atoms with Gasteiger partial charge in [0, 0.05) is 23.5 Å². The second-order valence-corrected chi connectivity index (χ2v) is 4.37. The highest BCUT2D eigenvalue weighted by Crippen LogP contribution is 2.18. The second-order valence-electron chi connectivity index (χ2n) is 4.37. The molecule has 1 heterocycles. The third-order valence-corrected chi connectivity index (χ3v) is 3.18. The van der Waals surface area contributed by atoms with Crippen molar-refractivity contribution in [2.45, 2.75) is 25.5 Å². The standard InChI is InChI=1S/C12H13N3O5/c1-2-8(15(19)20)12(16)11-7-13(17)9-5-3-4-6-10(9)14(11)18/h3-8,12,16H,2H2,1H3. The monoisotopic (exact) mass is 279 g/mol. The van der Waals surface area contributed by atoms with E-state index in [9.17, 15) is 25.6 Å². The number of nitrogens with zero attached hydrogens (tertiary/aromatic N) is 3. The molecule has 1 aromatic carbocycles. The number of hydrogen-bond acceptors (Lipinski definition) is 5. The predicted octanol–water partition coefficient (Wildman–Crippen LogP) is 0.195. The lowest BCUT2D eigenvalue weighted by Crippen LogP contribution is -2.45. The van der Waals surface area contributed by atoms with Crippen LogP contribution in [0.5, 0.6) is 0 Å². The summed E-state index contributed by atoms with van der Waals surface area (Å²) in [6.07, 6.45) is -0.719. The molecule has 0 radical (unpaired) electrons. The van der Waals surface area contributed by atoms with Crippen molar-refractivity contribution < 1.29 is 19.5 Å². The first kappa shape index (κ1) is 13.9. The SMILES string of the molecule is CCC(C(O)c1c[n+]([O-])c2ccccc2[n+]1[O-])[N+](=O)[O-]. The summed E-state index contributed by atoms with van der Waals surface area (Å²) in [4.78, 5) is 10.2. The van der Waals surface area contributed by atoms with Gasteiger partial charge >= 0.3 is 0 Å². The van der Waals surface area contributed by atoms with E-state index >= 15 is 0 Å². The zero-order chi connectivity index (χ0) is 14.9. The van der Waals surface area contributed by atoms with Crippen LogP contribution in [0.15, 0.2) is 30.5 Å². The van der Waals surface area contributed by atoms with Gasteiger partial charge in [0.05, 0.1) is 0 Å². The first-order valence-electron chi connectivity index (χ1n) is 6.03. The van der Waals surface area contributed by atoms with Crippen molar-refractivity contribution in [1.29, 1.82) is 0 Å². The van der Waals surface area contributed by atoms with Crippen molar-refractivity contribution in [2.75, 3.05) is 0 Å². The second kappa shape index (κ2) is 5.25. The maximum absolute atomic E-state index is 12.1. The zero-order valence-corrected chi connectivity index (χ0v) is 10.7. The van der Waals surface area contributed by atoms with E-state index in [-0.39, 0.29) is 23.1 Å². The fraction of sp³-hybridized carbons (Fsp3) is 0.333. The Morgan fingerprint density at radius 1 is 1.30 bits per heavy atom. The molecule has 8 heteroatoms. The zero-order valence-electron chi connectivity index (χ0n) is 10.7. The Morgan fingerprint density at radius 3 is 2.45 bits per heavy atom. The summed E-state index contributed by atoms with van der Waals surface area (Å²) in [5, 5.41) is 44.8. The highest BCUT2D eigenvalue weighted by atomic mass is 16.6. The molecule has 2 rings (SSSR count). The minimum absolute atomic E-state index is 0.0415. The van der Waals surface area contributed by atoms with Crippen LogP contribution in [-0.2, 0) is 0 Å². The third kappa shape index (κ3) is 2.21. The molecule has 0 aliphatic heterocycles. The Balaban J connectivity index is 2.60. The number of aliphatic hydroxyl groups excluding tert-OH is 1. The van der Waals surface area contributed by atoms with Gasteiger partial charge in [-0.1, -0.05) is 19.1 Å². The summed E-state index contributed by atoms with van der Waals surface area (Å²) in [6, 6.07) is 4.70. The Kier molecular flexibility index (Phi) is 3.66. The molecule has 0 saturated heterocycles. The van der Waals surface area contributed by atoms with Crippen LogP contribution in [-0.4, -0.2) is 16.1 Å². The van der Waals surface area contributed by atoms with Crippen LogP contribution in [0.1, 0.15) is 25.1 Å². The van der Waals surface area contributed by atoms with E-state index in [0.29, 0.717) is 9.46 Å². The molecule has 0 spiro atoms. The summed E-state index contributed by atoms with van der Waals surface area (Å²) in [5.41, 5.74) is -0.146. The molecule has 2 aromatic rings. The van der Waals surface area contributed by atoms with E-state index in [1.807, 2.05) is 0 Å². The van der Waals surface area contributed by atoms with Crippen molar-refractivity contribution in [2.24, 2.45) is 0 Å². The Labute approximate surface area is 113 Å². The molecule has 0 saturated carbocycles. The van der Waals surface area contributed by atoms with Crippen molar-refractivity contribution in [1.82, 2.24) is 0 Å². The molecule has 2 atom stereocenters. The van der Waals surface area contributed by atoms with Crippen LogP contribution in [0.25, 0.3) is 11.0 Å². The first-order valence-corrected chi connectivity index (χ1v) is 6.03.